The van der Waals surface area contributed by atoms with Crippen LogP contribution in [0.2, 0.25) is 5.02 Å². The molecule has 0 saturated heterocycles. The molecular formula is C13H9ClN2. The van der Waals surface area contributed by atoms with E-state index < -0.39 is 0 Å². The number of hydrogen-bond acceptors (Lipinski definition) is 1. The lowest BCUT2D eigenvalue weighted by molar-refractivity contribution is 1.33. The third-order valence-corrected chi connectivity index (χ3v) is 2.83. The summed E-state index contributed by atoms with van der Waals surface area (Å²) in [6, 6.07) is 11.9. The monoisotopic (exact) mass is 228 g/mol. The van der Waals surface area contributed by atoms with E-state index in [4.69, 9.17) is 11.6 Å². The first-order valence-corrected chi connectivity index (χ1v) is 5.40. The van der Waals surface area contributed by atoms with Crippen LogP contribution in [0.4, 0.5) is 0 Å². The van der Waals surface area contributed by atoms with E-state index in [1.165, 1.54) is 0 Å². The molecule has 0 aliphatic carbocycles. The highest BCUT2D eigenvalue weighted by molar-refractivity contribution is 6.30. The summed E-state index contributed by atoms with van der Waals surface area (Å²) in [6.45, 7) is 0. The minimum Gasteiger partial charge on any atom is -0.346 e. The van der Waals surface area contributed by atoms with Crippen molar-refractivity contribution in [3.63, 3.8) is 0 Å². The van der Waals surface area contributed by atoms with Crippen LogP contribution in [0.1, 0.15) is 0 Å². The Kier molecular flexibility index (Phi) is 2.15. The SMILES string of the molecule is Clc1cccc(-c2ccnc3[nH]ccc23)c1. The molecule has 0 aliphatic heterocycles. The Morgan fingerprint density at radius 1 is 1.12 bits per heavy atom. The number of benzene rings is 1. The van der Waals surface area contributed by atoms with Gasteiger partial charge in [0.15, 0.2) is 0 Å². The van der Waals surface area contributed by atoms with Crippen LogP contribution in [0.5, 0.6) is 0 Å². The molecule has 1 aromatic carbocycles. The first-order valence-electron chi connectivity index (χ1n) is 5.02. The van der Waals surface area contributed by atoms with Gasteiger partial charge < -0.3 is 4.98 Å². The zero-order valence-electron chi connectivity index (χ0n) is 8.44. The predicted octanol–water partition coefficient (Wildman–Crippen LogP) is 3.88. The molecule has 0 spiro atoms. The smallest absolute Gasteiger partial charge is 0.137 e. The molecule has 2 aromatic heterocycles. The molecule has 3 heteroatoms. The average Bonchev–Trinajstić information content (AvgIpc) is 2.76. The fourth-order valence-corrected chi connectivity index (χ4v) is 2.06. The van der Waals surface area contributed by atoms with E-state index in [1.54, 1.807) is 6.20 Å². The van der Waals surface area contributed by atoms with Gasteiger partial charge >= 0.3 is 0 Å². The van der Waals surface area contributed by atoms with E-state index in [-0.39, 0.29) is 0 Å². The van der Waals surface area contributed by atoms with E-state index in [2.05, 4.69) is 9.97 Å². The van der Waals surface area contributed by atoms with Crippen molar-refractivity contribution < 1.29 is 0 Å². The lowest BCUT2D eigenvalue weighted by Crippen LogP contribution is -1.81. The quantitative estimate of drug-likeness (QED) is 0.673. The minimum absolute atomic E-state index is 0.748. The Balaban J connectivity index is 2.29. The number of H-pyrrole nitrogens is 1. The molecule has 0 fully saturated rings. The van der Waals surface area contributed by atoms with Crippen molar-refractivity contribution in [1.82, 2.24) is 9.97 Å². The summed E-state index contributed by atoms with van der Waals surface area (Å²) >= 11 is 6.00. The highest BCUT2D eigenvalue weighted by atomic mass is 35.5. The van der Waals surface area contributed by atoms with Gasteiger partial charge in [-0.05, 0) is 35.4 Å². The van der Waals surface area contributed by atoms with E-state index in [0.29, 0.717) is 0 Å². The molecule has 0 amide bonds. The van der Waals surface area contributed by atoms with Crippen LogP contribution in [0, 0.1) is 0 Å². The van der Waals surface area contributed by atoms with Crippen LogP contribution < -0.4 is 0 Å². The number of nitrogens with zero attached hydrogens (tertiary/aromatic N) is 1. The lowest BCUT2D eigenvalue weighted by atomic mass is 10.0. The molecule has 2 nitrogen and oxygen atoms in total. The van der Waals surface area contributed by atoms with Crippen LogP contribution in [0.15, 0.2) is 48.8 Å². The van der Waals surface area contributed by atoms with Gasteiger partial charge in [-0.3, -0.25) is 0 Å². The van der Waals surface area contributed by atoms with Crippen molar-refractivity contribution >= 4 is 22.6 Å². The minimum atomic E-state index is 0.748. The molecule has 0 bridgehead atoms. The predicted molar refractivity (Wildman–Crippen MR) is 66.5 cm³/mol. The maximum atomic E-state index is 6.00. The Morgan fingerprint density at radius 3 is 2.94 bits per heavy atom. The second kappa shape index (κ2) is 3.65. The van der Waals surface area contributed by atoms with Crippen LogP contribution in [-0.2, 0) is 0 Å². The number of aromatic amines is 1. The van der Waals surface area contributed by atoms with E-state index in [9.17, 15) is 0 Å². The molecular weight excluding hydrogens is 220 g/mol. The summed E-state index contributed by atoms with van der Waals surface area (Å²) in [4.78, 5) is 7.36. The average molecular weight is 229 g/mol. The molecule has 0 unspecified atom stereocenters. The molecule has 0 saturated carbocycles. The normalized spacial score (nSPS) is 10.8. The van der Waals surface area contributed by atoms with Crippen LogP contribution in [-0.4, -0.2) is 9.97 Å². The maximum absolute atomic E-state index is 6.00. The molecule has 3 aromatic rings. The second-order valence-corrected chi connectivity index (χ2v) is 4.05. The molecule has 3 rings (SSSR count). The van der Waals surface area contributed by atoms with E-state index in [1.807, 2.05) is 42.6 Å². The largest absolute Gasteiger partial charge is 0.346 e. The molecule has 2 heterocycles. The highest BCUT2D eigenvalue weighted by Gasteiger charge is 2.04. The number of fused-ring (bicyclic) bond motifs is 1. The molecule has 0 atom stereocenters. The van der Waals surface area contributed by atoms with Gasteiger partial charge in [-0.2, -0.15) is 0 Å². The number of pyridine rings is 1. The van der Waals surface area contributed by atoms with E-state index >= 15 is 0 Å². The second-order valence-electron chi connectivity index (χ2n) is 3.61. The van der Waals surface area contributed by atoms with Crippen molar-refractivity contribution in [3.05, 3.63) is 53.8 Å². The summed E-state index contributed by atoms with van der Waals surface area (Å²) in [7, 11) is 0. The van der Waals surface area contributed by atoms with Crippen LogP contribution in [0.3, 0.4) is 0 Å². The molecule has 16 heavy (non-hydrogen) atoms. The fraction of sp³-hybridized carbons (Fsp3) is 0. The van der Waals surface area contributed by atoms with Crippen molar-refractivity contribution in [2.75, 3.05) is 0 Å². The molecule has 1 N–H and O–H groups in total. The van der Waals surface area contributed by atoms with Crippen molar-refractivity contribution in [2.24, 2.45) is 0 Å². The van der Waals surface area contributed by atoms with Crippen LogP contribution >= 0.6 is 11.6 Å². The summed E-state index contributed by atoms with van der Waals surface area (Å²) in [6.07, 6.45) is 3.70. The van der Waals surface area contributed by atoms with Crippen LogP contribution in [0.25, 0.3) is 22.2 Å². The fourth-order valence-electron chi connectivity index (χ4n) is 1.87. The lowest BCUT2D eigenvalue weighted by Gasteiger charge is -2.03. The summed E-state index contributed by atoms with van der Waals surface area (Å²) < 4.78 is 0. The van der Waals surface area contributed by atoms with Crippen molar-refractivity contribution in [3.8, 4) is 11.1 Å². The van der Waals surface area contributed by atoms with Crippen molar-refractivity contribution in [2.45, 2.75) is 0 Å². The van der Waals surface area contributed by atoms with Gasteiger partial charge in [-0.25, -0.2) is 4.98 Å². The summed E-state index contributed by atoms with van der Waals surface area (Å²) in [5.74, 6) is 0. The summed E-state index contributed by atoms with van der Waals surface area (Å²) in [5, 5.41) is 1.86. The Labute approximate surface area is 97.9 Å². The van der Waals surface area contributed by atoms with Gasteiger partial charge in [0, 0.05) is 22.8 Å². The molecule has 0 aliphatic rings. The number of nitrogens with one attached hydrogen (secondary N) is 1. The summed E-state index contributed by atoms with van der Waals surface area (Å²) in [5.41, 5.74) is 3.16. The first-order chi connectivity index (χ1) is 7.84. The van der Waals surface area contributed by atoms with Gasteiger partial charge in [0.1, 0.15) is 5.65 Å². The zero-order valence-corrected chi connectivity index (χ0v) is 9.20. The van der Waals surface area contributed by atoms with Gasteiger partial charge in [-0.15, -0.1) is 0 Å². The zero-order chi connectivity index (χ0) is 11.0. The molecule has 0 radical (unpaired) electrons. The topological polar surface area (TPSA) is 28.7 Å². The highest BCUT2D eigenvalue weighted by Crippen LogP contribution is 2.28. The van der Waals surface area contributed by atoms with Gasteiger partial charge in [-0.1, -0.05) is 23.7 Å². The Bertz CT molecular complexity index is 643. The maximum Gasteiger partial charge on any atom is 0.137 e. The number of halogens is 1. The van der Waals surface area contributed by atoms with Gasteiger partial charge in [0.25, 0.3) is 0 Å². The third kappa shape index (κ3) is 1.48. The van der Waals surface area contributed by atoms with Crippen molar-refractivity contribution in [1.29, 1.82) is 0 Å². The van der Waals surface area contributed by atoms with Gasteiger partial charge in [0.2, 0.25) is 0 Å². The van der Waals surface area contributed by atoms with E-state index in [0.717, 1.165) is 27.2 Å². The third-order valence-electron chi connectivity index (χ3n) is 2.60. The standard InChI is InChI=1S/C13H9ClN2/c14-10-3-1-2-9(8-10)11-4-6-15-13-12(11)5-7-16-13/h1-8H,(H,15,16). The Hall–Kier alpha value is -1.80. The number of rotatable bonds is 1. The number of hydrogen-bond donors (Lipinski definition) is 1. The first kappa shape index (κ1) is 9.43. The number of aromatic nitrogens is 2. The molecule has 78 valence electrons. The van der Waals surface area contributed by atoms with Gasteiger partial charge in [0.05, 0.1) is 0 Å². The Morgan fingerprint density at radius 2 is 2.06 bits per heavy atom.